The van der Waals surface area contributed by atoms with Crippen LogP contribution in [0.5, 0.6) is 0 Å². The van der Waals surface area contributed by atoms with Crippen molar-refractivity contribution in [3.05, 3.63) is 0 Å². The topological polar surface area (TPSA) is 9.23 Å². The molecule has 48 valence electrons. The Kier molecular flexibility index (Phi) is 1.84. The Morgan fingerprint density at radius 3 is 2.75 bits per heavy atom. The maximum absolute atomic E-state index is 12.4. The van der Waals surface area contributed by atoms with Gasteiger partial charge in [-0.05, 0) is 19.8 Å². The highest BCUT2D eigenvalue weighted by atomic mass is 19.1. The summed E-state index contributed by atoms with van der Waals surface area (Å²) in [6.07, 6.45) is 1.06. The van der Waals surface area contributed by atoms with Crippen molar-refractivity contribution in [1.29, 1.82) is 0 Å². The first-order valence-corrected chi connectivity index (χ1v) is 3.10. The van der Waals surface area contributed by atoms with Crippen molar-refractivity contribution < 1.29 is 9.13 Å². The normalized spacial score (nSPS) is 23.2. The lowest BCUT2D eigenvalue weighted by molar-refractivity contribution is -0.0471. The highest BCUT2D eigenvalue weighted by Crippen LogP contribution is 2.34. The predicted molar refractivity (Wildman–Crippen MR) is 29.2 cm³/mol. The third-order valence-corrected chi connectivity index (χ3v) is 1.32. The quantitative estimate of drug-likeness (QED) is 0.548. The van der Waals surface area contributed by atoms with Gasteiger partial charge in [-0.3, -0.25) is 0 Å². The van der Waals surface area contributed by atoms with Gasteiger partial charge >= 0.3 is 0 Å². The van der Waals surface area contributed by atoms with E-state index >= 15 is 0 Å². The van der Waals surface area contributed by atoms with Gasteiger partial charge in [-0.25, -0.2) is 4.39 Å². The molecule has 0 saturated heterocycles. The van der Waals surface area contributed by atoms with Crippen molar-refractivity contribution in [2.75, 3.05) is 6.61 Å². The molecule has 1 fully saturated rings. The van der Waals surface area contributed by atoms with E-state index in [0.717, 1.165) is 12.8 Å². The SMILES string of the molecule is CCOC(F)C1CC1. The third-order valence-electron chi connectivity index (χ3n) is 1.32. The van der Waals surface area contributed by atoms with E-state index in [9.17, 15) is 4.39 Å². The van der Waals surface area contributed by atoms with Crippen molar-refractivity contribution in [2.45, 2.75) is 26.1 Å². The first kappa shape index (κ1) is 6.02. The molecule has 1 aliphatic rings. The van der Waals surface area contributed by atoms with Gasteiger partial charge in [0.05, 0.1) is 0 Å². The van der Waals surface area contributed by atoms with Crippen molar-refractivity contribution >= 4 is 0 Å². The van der Waals surface area contributed by atoms with Gasteiger partial charge in [0.2, 0.25) is 6.36 Å². The molecule has 0 bridgehead atoms. The standard InChI is InChI=1S/C6H11FO/c1-2-8-6(7)5-3-4-5/h5-6H,2-4H2,1H3. The van der Waals surface area contributed by atoms with Crippen LogP contribution in [-0.2, 0) is 4.74 Å². The summed E-state index contributed by atoms with van der Waals surface area (Å²) in [4.78, 5) is 0. The fourth-order valence-corrected chi connectivity index (χ4v) is 0.654. The number of rotatable bonds is 3. The molecule has 1 aliphatic carbocycles. The number of ether oxygens (including phenoxy) is 1. The summed E-state index contributed by atoms with van der Waals surface area (Å²) in [5.41, 5.74) is 0. The summed E-state index contributed by atoms with van der Waals surface area (Å²) >= 11 is 0. The van der Waals surface area contributed by atoms with E-state index in [1.807, 2.05) is 6.92 Å². The van der Waals surface area contributed by atoms with Gasteiger partial charge in [-0.1, -0.05) is 0 Å². The largest absolute Gasteiger partial charge is 0.348 e. The molecule has 0 N–H and O–H groups in total. The third kappa shape index (κ3) is 1.44. The predicted octanol–water partition coefficient (Wildman–Crippen LogP) is 1.73. The molecule has 1 saturated carbocycles. The van der Waals surface area contributed by atoms with Gasteiger partial charge in [0.1, 0.15) is 0 Å². The van der Waals surface area contributed by atoms with Gasteiger partial charge in [0.15, 0.2) is 0 Å². The molecule has 0 aliphatic heterocycles. The lowest BCUT2D eigenvalue weighted by Gasteiger charge is -2.03. The molecular weight excluding hydrogens is 107 g/mol. The molecule has 0 aromatic carbocycles. The maximum atomic E-state index is 12.4. The van der Waals surface area contributed by atoms with Gasteiger partial charge in [-0.2, -0.15) is 0 Å². The van der Waals surface area contributed by atoms with Gasteiger partial charge < -0.3 is 4.74 Å². The second-order valence-corrected chi connectivity index (χ2v) is 2.14. The van der Waals surface area contributed by atoms with Crippen LogP contribution in [0.15, 0.2) is 0 Å². The maximum Gasteiger partial charge on any atom is 0.201 e. The van der Waals surface area contributed by atoms with Crippen LogP contribution in [0.25, 0.3) is 0 Å². The molecule has 1 atom stereocenters. The fourth-order valence-electron chi connectivity index (χ4n) is 0.654. The Hall–Kier alpha value is -0.110. The molecule has 2 heteroatoms. The Morgan fingerprint density at radius 2 is 2.38 bits per heavy atom. The first-order valence-electron chi connectivity index (χ1n) is 3.10. The average Bonchev–Trinajstić information content (AvgIpc) is 2.45. The van der Waals surface area contributed by atoms with Crippen LogP contribution in [0, 0.1) is 5.92 Å². The molecule has 1 nitrogen and oxygen atoms in total. The van der Waals surface area contributed by atoms with Crippen LogP contribution >= 0.6 is 0 Å². The zero-order valence-corrected chi connectivity index (χ0v) is 5.06. The minimum atomic E-state index is -0.972. The molecule has 0 spiro atoms. The lowest BCUT2D eigenvalue weighted by atomic mass is 10.4. The summed E-state index contributed by atoms with van der Waals surface area (Å²) in [6.45, 7) is 2.31. The van der Waals surface area contributed by atoms with Crippen LogP contribution in [0.3, 0.4) is 0 Å². The Labute approximate surface area is 48.8 Å². The van der Waals surface area contributed by atoms with E-state index in [-0.39, 0.29) is 5.92 Å². The Bertz CT molecular complexity index is 70.9. The number of alkyl halides is 1. The van der Waals surface area contributed by atoms with Crippen LogP contribution in [0.4, 0.5) is 4.39 Å². The summed E-state index contributed by atoms with van der Waals surface area (Å²) < 4.78 is 17.1. The van der Waals surface area contributed by atoms with E-state index < -0.39 is 6.36 Å². The highest BCUT2D eigenvalue weighted by molar-refractivity contribution is 4.75. The summed E-state index contributed by atoms with van der Waals surface area (Å²) in [5, 5.41) is 0. The first-order chi connectivity index (χ1) is 3.84. The Balaban J connectivity index is 2.03. The highest BCUT2D eigenvalue weighted by Gasteiger charge is 2.31. The van der Waals surface area contributed by atoms with Gasteiger partial charge in [-0.15, -0.1) is 0 Å². The van der Waals surface area contributed by atoms with Gasteiger partial charge in [0.25, 0.3) is 0 Å². The monoisotopic (exact) mass is 118 g/mol. The molecule has 0 heterocycles. The van der Waals surface area contributed by atoms with Crippen LogP contribution < -0.4 is 0 Å². The molecule has 0 aromatic rings. The molecule has 1 unspecified atom stereocenters. The smallest absolute Gasteiger partial charge is 0.201 e. The number of halogens is 1. The molecule has 8 heavy (non-hydrogen) atoms. The summed E-state index contributed by atoms with van der Waals surface area (Å²) in [5.74, 6) is 0.231. The zero-order chi connectivity index (χ0) is 5.98. The molecule has 0 amide bonds. The molecular formula is C6H11FO. The number of hydrogen-bond acceptors (Lipinski definition) is 1. The fraction of sp³-hybridized carbons (Fsp3) is 1.00. The minimum absolute atomic E-state index is 0.231. The Morgan fingerprint density at radius 1 is 1.75 bits per heavy atom. The second-order valence-electron chi connectivity index (χ2n) is 2.14. The van der Waals surface area contributed by atoms with Crippen molar-refractivity contribution in [2.24, 2.45) is 5.92 Å². The van der Waals surface area contributed by atoms with E-state index in [4.69, 9.17) is 4.74 Å². The van der Waals surface area contributed by atoms with Crippen LogP contribution in [0.1, 0.15) is 19.8 Å². The van der Waals surface area contributed by atoms with E-state index in [1.165, 1.54) is 0 Å². The second kappa shape index (κ2) is 2.44. The lowest BCUT2D eigenvalue weighted by Crippen LogP contribution is -2.07. The van der Waals surface area contributed by atoms with Crippen molar-refractivity contribution in [3.8, 4) is 0 Å². The molecule has 0 radical (unpaired) electrons. The van der Waals surface area contributed by atoms with E-state index in [0.29, 0.717) is 6.61 Å². The van der Waals surface area contributed by atoms with Gasteiger partial charge in [0, 0.05) is 12.5 Å². The molecule has 0 aromatic heterocycles. The molecule has 1 rings (SSSR count). The van der Waals surface area contributed by atoms with Crippen LogP contribution in [0.2, 0.25) is 0 Å². The summed E-state index contributed by atoms with van der Waals surface area (Å²) in [6, 6.07) is 0. The van der Waals surface area contributed by atoms with Crippen molar-refractivity contribution in [3.63, 3.8) is 0 Å². The van der Waals surface area contributed by atoms with Crippen molar-refractivity contribution in [1.82, 2.24) is 0 Å². The van der Waals surface area contributed by atoms with E-state index in [2.05, 4.69) is 0 Å². The van der Waals surface area contributed by atoms with E-state index in [1.54, 1.807) is 0 Å². The van der Waals surface area contributed by atoms with Crippen LogP contribution in [-0.4, -0.2) is 13.0 Å². The number of hydrogen-bond donors (Lipinski definition) is 0. The summed E-state index contributed by atoms with van der Waals surface area (Å²) in [7, 11) is 0. The average molecular weight is 118 g/mol. The minimum Gasteiger partial charge on any atom is -0.348 e. The zero-order valence-electron chi connectivity index (χ0n) is 5.06.